The van der Waals surface area contributed by atoms with Gasteiger partial charge in [-0.3, -0.25) is 14.4 Å². The Bertz CT molecular complexity index is 1680. The molecule has 0 spiro atoms. The van der Waals surface area contributed by atoms with Gasteiger partial charge in [-0.05, 0) is 91.7 Å². The molecule has 0 radical (unpaired) electrons. The maximum absolute atomic E-state index is 13.6. The SMILES string of the molecule is Cc1cc(C)c2sc(N(Cc3ccco3)C(=O)c3ccc(NS(=O)(=O)c4ccc(F)cc4)cc3)nc2c1. The second-order valence-electron chi connectivity index (χ2n) is 8.53. The lowest BCUT2D eigenvalue weighted by Gasteiger charge is -2.19. The molecule has 0 unspecified atom stereocenters. The molecule has 0 aliphatic heterocycles. The summed E-state index contributed by atoms with van der Waals surface area (Å²) in [6.07, 6.45) is 1.55. The van der Waals surface area contributed by atoms with E-state index in [4.69, 9.17) is 9.40 Å². The molecule has 37 heavy (non-hydrogen) atoms. The van der Waals surface area contributed by atoms with Crippen LogP contribution in [0.3, 0.4) is 0 Å². The number of aromatic nitrogens is 1. The number of nitrogens with zero attached hydrogens (tertiary/aromatic N) is 2. The standard InChI is InChI=1S/C27H22FN3O4S2/c1-17-14-18(2)25-24(15-17)29-27(36-25)31(16-22-4-3-13-35-22)26(32)19-5-9-21(10-6-19)30-37(33,34)23-11-7-20(28)8-12-23/h3-15,30H,16H2,1-2H3. The summed E-state index contributed by atoms with van der Waals surface area (Å²) in [6.45, 7) is 4.20. The molecule has 1 N–H and O–H groups in total. The third-order valence-electron chi connectivity index (χ3n) is 5.69. The van der Waals surface area contributed by atoms with E-state index in [9.17, 15) is 17.6 Å². The molecule has 5 aromatic rings. The summed E-state index contributed by atoms with van der Waals surface area (Å²) in [5.41, 5.74) is 3.61. The van der Waals surface area contributed by atoms with Crippen molar-refractivity contribution in [1.29, 1.82) is 0 Å². The van der Waals surface area contributed by atoms with Crippen molar-refractivity contribution in [2.45, 2.75) is 25.3 Å². The zero-order valence-corrected chi connectivity index (χ0v) is 21.6. The monoisotopic (exact) mass is 535 g/mol. The van der Waals surface area contributed by atoms with E-state index in [1.54, 1.807) is 35.4 Å². The second-order valence-corrected chi connectivity index (χ2v) is 11.2. The number of hydrogen-bond donors (Lipinski definition) is 1. The van der Waals surface area contributed by atoms with Gasteiger partial charge in [0.1, 0.15) is 11.6 Å². The van der Waals surface area contributed by atoms with Crippen molar-refractivity contribution in [3.63, 3.8) is 0 Å². The Balaban J connectivity index is 1.43. The van der Waals surface area contributed by atoms with Crippen LogP contribution in [0.1, 0.15) is 27.2 Å². The van der Waals surface area contributed by atoms with Gasteiger partial charge < -0.3 is 4.42 Å². The summed E-state index contributed by atoms with van der Waals surface area (Å²) < 4.78 is 47.3. The lowest BCUT2D eigenvalue weighted by Crippen LogP contribution is -2.30. The molecule has 0 bridgehead atoms. The molecule has 10 heteroatoms. The Morgan fingerprint density at radius 2 is 1.78 bits per heavy atom. The average Bonchev–Trinajstić information content (AvgIpc) is 3.53. The summed E-state index contributed by atoms with van der Waals surface area (Å²) in [7, 11) is -3.91. The van der Waals surface area contributed by atoms with Crippen LogP contribution in [-0.4, -0.2) is 19.3 Å². The zero-order valence-electron chi connectivity index (χ0n) is 19.9. The van der Waals surface area contributed by atoms with Gasteiger partial charge in [0.2, 0.25) is 0 Å². The Morgan fingerprint density at radius 1 is 1.05 bits per heavy atom. The Morgan fingerprint density at radius 3 is 2.46 bits per heavy atom. The van der Waals surface area contributed by atoms with Gasteiger partial charge in [0.25, 0.3) is 15.9 Å². The van der Waals surface area contributed by atoms with Crippen molar-refractivity contribution >= 4 is 48.3 Å². The fourth-order valence-electron chi connectivity index (χ4n) is 3.93. The number of fused-ring (bicyclic) bond motifs is 1. The van der Waals surface area contributed by atoms with Gasteiger partial charge in [0.15, 0.2) is 5.13 Å². The van der Waals surface area contributed by atoms with Crippen LogP contribution in [0.5, 0.6) is 0 Å². The number of carbonyl (C=O) groups excluding carboxylic acids is 1. The molecule has 1 amide bonds. The van der Waals surface area contributed by atoms with Gasteiger partial charge in [0, 0.05) is 11.3 Å². The first kappa shape index (κ1) is 24.7. The van der Waals surface area contributed by atoms with Gasteiger partial charge in [0.05, 0.1) is 27.9 Å². The Hall–Kier alpha value is -4.02. The number of anilines is 2. The van der Waals surface area contributed by atoms with Crippen LogP contribution < -0.4 is 9.62 Å². The minimum atomic E-state index is -3.91. The number of thiazole rings is 1. The van der Waals surface area contributed by atoms with Crippen molar-refractivity contribution in [1.82, 2.24) is 4.98 Å². The number of furan rings is 1. The number of carbonyl (C=O) groups is 1. The molecular weight excluding hydrogens is 513 g/mol. The van der Waals surface area contributed by atoms with Gasteiger partial charge in [-0.2, -0.15) is 0 Å². The normalized spacial score (nSPS) is 11.5. The fraction of sp³-hybridized carbons (Fsp3) is 0.111. The summed E-state index contributed by atoms with van der Waals surface area (Å²) in [5.74, 6) is -0.235. The molecule has 0 aliphatic rings. The number of rotatable bonds is 7. The number of hydrogen-bond acceptors (Lipinski definition) is 6. The summed E-state index contributed by atoms with van der Waals surface area (Å²) in [6, 6.07) is 18.2. The molecule has 7 nitrogen and oxygen atoms in total. The van der Waals surface area contributed by atoms with E-state index < -0.39 is 15.8 Å². The molecule has 3 aromatic carbocycles. The van der Waals surface area contributed by atoms with Gasteiger partial charge in [-0.1, -0.05) is 17.4 Å². The van der Waals surface area contributed by atoms with Crippen LogP contribution in [-0.2, 0) is 16.6 Å². The lowest BCUT2D eigenvalue weighted by molar-refractivity contribution is 0.0983. The van der Waals surface area contributed by atoms with E-state index in [0.717, 1.165) is 33.5 Å². The maximum atomic E-state index is 13.6. The molecule has 188 valence electrons. The molecule has 0 fully saturated rings. The quantitative estimate of drug-likeness (QED) is 0.264. The first-order valence-corrected chi connectivity index (χ1v) is 13.6. The third kappa shape index (κ3) is 5.25. The minimum absolute atomic E-state index is 0.0694. The number of nitrogens with one attached hydrogen (secondary N) is 1. The molecule has 0 saturated heterocycles. The summed E-state index contributed by atoms with van der Waals surface area (Å²) >= 11 is 1.43. The Labute approximate surface area is 217 Å². The van der Waals surface area contributed by atoms with Crippen molar-refractivity contribution in [2.24, 2.45) is 0 Å². The number of sulfonamides is 1. The highest BCUT2D eigenvalue weighted by molar-refractivity contribution is 7.92. The first-order valence-electron chi connectivity index (χ1n) is 11.3. The van der Waals surface area contributed by atoms with Crippen LogP contribution in [0.2, 0.25) is 0 Å². The van der Waals surface area contributed by atoms with Crippen molar-refractivity contribution in [2.75, 3.05) is 9.62 Å². The largest absolute Gasteiger partial charge is 0.467 e. The highest BCUT2D eigenvalue weighted by Crippen LogP contribution is 2.34. The third-order valence-corrected chi connectivity index (χ3v) is 8.31. The van der Waals surface area contributed by atoms with E-state index in [1.165, 1.54) is 35.6 Å². The molecule has 0 atom stereocenters. The van der Waals surface area contributed by atoms with E-state index in [-0.39, 0.29) is 23.0 Å². The molecular formula is C27H22FN3O4S2. The van der Waals surface area contributed by atoms with Crippen LogP contribution in [0.25, 0.3) is 10.2 Å². The lowest BCUT2D eigenvalue weighted by atomic mass is 10.1. The van der Waals surface area contributed by atoms with E-state index in [1.807, 2.05) is 19.9 Å². The van der Waals surface area contributed by atoms with E-state index >= 15 is 0 Å². The minimum Gasteiger partial charge on any atom is -0.467 e. The summed E-state index contributed by atoms with van der Waals surface area (Å²) in [5, 5.41) is 0.534. The molecule has 5 rings (SSSR count). The predicted octanol–water partition coefficient (Wildman–Crippen LogP) is 6.29. The topological polar surface area (TPSA) is 92.5 Å². The smallest absolute Gasteiger partial charge is 0.261 e. The molecule has 2 aromatic heterocycles. The highest BCUT2D eigenvalue weighted by Gasteiger charge is 2.24. The molecule has 0 saturated carbocycles. The van der Waals surface area contributed by atoms with Gasteiger partial charge in [-0.15, -0.1) is 0 Å². The number of amides is 1. The van der Waals surface area contributed by atoms with E-state index in [0.29, 0.717) is 16.5 Å². The Kier molecular flexibility index (Phi) is 6.53. The van der Waals surface area contributed by atoms with E-state index in [2.05, 4.69) is 10.8 Å². The van der Waals surface area contributed by atoms with Crippen LogP contribution in [0, 0.1) is 19.7 Å². The van der Waals surface area contributed by atoms with Crippen LogP contribution >= 0.6 is 11.3 Å². The van der Waals surface area contributed by atoms with Gasteiger partial charge in [-0.25, -0.2) is 17.8 Å². The second kappa shape index (κ2) is 9.79. The fourth-order valence-corrected chi connectivity index (χ4v) is 6.00. The zero-order chi connectivity index (χ0) is 26.2. The number of halogens is 1. The average molecular weight is 536 g/mol. The number of benzene rings is 3. The highest BCUT2D eigenvalue weighted by atomic mass is 32.2. The first-order chi connectivity index (χ1) is 17.7. The summed E-state index contributed by atoms with van der Waals surface area (Å²) in [4.78, 5) is 19.8. The van der Waals surface area contributed by atoms with Crippen molar-refractivity contribution in [3.8, 4) is 0 Å². The van der Waals surface area contributed by atoms with Gasteiger partial charge >= 0.3 is 0 Å². The molecule has 2 heterocycles. The predicted molar refractivity (Wildman–Crippen MR) is 142 cm³/mol. The maximum Gasteiger partial charge on any atom is 0.261 e. The number of aryl methyl sites for hydroxylation is 2. The molecule has 0 aliphatic carbocycles. The van der Waals surface area contributed by atoms with Crippen molar-refractivity contribution in [3.05, 3.63) is 107 Å². The van der Waals surface area contributed by atoms with Crippen LogP contribution in [0.4, 0.5) is 15.2 Å². The van der Waals surface area contributed by atoms with Crippen LogP contribution in [0.15, 0.2) is 88.4 Å². The van der Waals surface area contributed by atoms with Crippen molar-refractivity contribution < 1.29 is 22.0 Å².